The Balaban J connectivity index is 1.61. The van der Waals surface area contributed by atoms with Crippen LogP contribution in [-0.2, 0) is 16.6 Å². The molecule has 0 bridgehead atoms. The lowest BCUT2D eigenvalue weighted by atomic mass is 9.89. The summed E-state index contributed by atoms with van der Waals surface area (Å²) in [6.45, 7) is 5.51. The van der Waals surface area contributed by atoms with Crippen LogP contribution in [0.1, 0.15) is 46.5 Å². The van der Waals surface area contributed by atoms with E-state index >= 15 is 0 Å². The molecule has 0 spiro atoms. The number of fused-ring (bicyclic) bond motifs is 1. The number of aryl methyl sites for hydroxylation is 1. The fourth-order valence-electron chi connectivity index (χ4n) is 4.14. The number of imidazole rings is 1. The van der Waals surface area contributed by atoms with E-state index in [1.807, 2.05) is 0 Å². The van der Waals surface area contributed by atoms with Crippen LogP contribution in [0.3, 0.4) is 0 Å². The highest BCUT2D eigenvalue weighted by Crippen LogP contribution is 2.34. The van der Waals surface area contributed by atoms with Crippen molar-refractivity contribution in [1.82, 2.24) is 14.5 Å². The van der Waals surface area contributed by atoms with E-state index < -0.39 is 13.0 Å². The lowest BCUT2D eigenvalue weighted by Gasteiger charge is -2.34. The number of rotatable bonds is 10. The van der Waals surface area contributed by atoms with E-state index in [0.717, 1.165) is 19.3 Å². The highest BCUT2D eigenvalue weighted by molar-refractivity contribution is 6.36. The lowest BCUT2D eigenvalue weighted by Crippen LogP contribution is -2.39. The third-order valence-electron chi connectivity index (χ3n) is 5.74. The van der Waals surface area contributed by atoms with Gasteiger partial charge in [0.1, 0.15) is 22.4 Å². The Labute approximate surface area is 191 Å². The maximum atomic E-state index is 12.4. The van der Waals surface area contributed by atoms with Crippen molar-refractivity contribution < 1.29 is 27.8 Å². The first kappa shape index (κ1) is 24.6. The topological polar surface area (TPSA) is 75.5 Å². The van der Waals surface area contributed by atoms with E-state index in [1.54, 1.807) is 18.5 Å². The molecule has 0 radical (unpaired) electrons. The third kappa shape index (κ3) is 6.07. The highest BCUT2D eigenvalue weighted by Gasteiger charge is 2.31. The number of alkyl halides is 2. The van der Waals surface area contributed by atoms with Crippen LogP contribution < -0.4 is 9.47 Å². The molecule has 1 aliphatic heterocycles. The molecule has 1 saturated heterocycles. The van der Waals surface area contributed by atoms with Crippen molar-refractivity contribution in [3.8, 4) is 11.9 Å². The Morgan fingerprint density at radius 3 is 2.84 bits per heavy atom. The molecule has 1 aliphatic rings. The predicted octanol–water partition coefficient (Wildman–Crippen LogP) is 4.83. The van der Waals surface area contributed by atoms with E-state index in [1.165, 1.54) is 6.20 Å². The number of pyridine rings is 1. The molecule has 32 heavy (non-hydrogen) atoms. The second-order valence-corrected chi connectivity index (χ2v) is 9.06. The lowest BCUT2D eigenvalue weighted by molar-refractivity contribution is -0.118. The molecule has 2 aromatic rings. The first-order valence-corrected chi connectivity index (χ1v) is 11.2. The smallest absolute Gasteiger partial charge is 0.297 e. The first-order valence-electron chi connectivity index (χ1n) is 10.8. The van der Waals surface area contributed by atoms with Crippen molar-refractivity contribution in [1.29, 1.82) is 0 Å². The van der Waals surface area contributed by atoms with E-state index in [0.29, 0.717) is 41.9 Å². The van der Waals surface area contributed by atoms with Crippen LogP contribution in [0.25, 0.3) is 11.0 Å². The summed E-state index contributed by atoms with van der Waals surface area (Å²) in [5.41, 5.74) is 0.988. The molecule has 2 aromatic heterocycles. The largest absolute Gasteiger partial charge is 0.470 e. The number of carbonyl (C=O) groups is 1. The fourth-order valence-corrected chi connectivity index (χ4v) is 4.47. The van der Waals surface area contributed by atoms with Crippen LogP contribution in [0, 0.1) is 11.8 Å². The molecular weight excluding hydrogens is 444 g/mol. The van der Waals surface area contributed by atoms with E-state index in [2.05, 4.69) is 23.8 Å². The van der Waals surface area contributed by atoms with Gasteiger partial charge in [0.25, 0.3) is 12.4 Å². The van der Waals surface area contributed by atoms with Gasteiger partial charge in [-0.15, -0.1) is 0 Å². The van der Waals surface area contributed by atoms with Gasteiger partial charge in [0, 0.05) is 13.5 Å². The van der Waals surface area contributed by atoms with Crippen molar-refractivity contribution >= 4 is 28.4 Å². The number of halogens is 3. The minimum Gasteiger partial charge on any atom is -0.470 e. The number of carbonyl (C=O) groups excluding carboxylic acids is 1. The van der Waals surface area contributed by atoms with Crippen molar-refractivity contribution in [2.45, 2.75) is 65.1 Å². The molecular formula is C22H30ClF2N3O4. The highest BCUT2D eigenvalue weighted by atomic mass is 35.5. The molecule has 0 aromatic carbocycles. The number of ketones is 1. The Morgan fingerprint density at radius 1 is 1.44 bits per heavy atom. The summed E-state index contributed by atoms with van der Waals surface area (Å²) in [7, 11) is 1.74. The van der Waals surface area contributed by atoms with E-state index in [-0.39, 0.29) is 28.9 Å². The molecule has 0 amide bonds. The van der Waals surface area contributed by atoms with Gasteiger partial charge in [0.2, 0.25) is 5.88 Å². The first-order chi connectivity index (χ1) is 15.2. The minimum atomic E-state index is -2.62. The fraction of sp³-hybridized carbons (Fsp3) is 0.682. The van der Waals surface area contributed by atoms with Gasteiger partial charge in [-0.25, -0.2) is 13.8 Å². The second-order valence-electron chi connectivity index (χ2n) is 8.68. The summed E-state index contributed by atoms with van der Waals surface area (Å²) >= 11 is 6.33. The zero-order valence-corrected chi connectivity index (χ0v) is 19.6. The van der Waals surface area contributed by atoms with Gasteiger partial charge in [0.15, 0.2) is 6.61 Å². The standard InChI is InChI=1S/C22H30ClF2N3O4/c1-12(7-14(3)29)5-6-17-13(2)8-15(10-30-17)32-22-27-16-9-26-21(31-11-18(24)25)19(23)20(16)28(22)4/h9,12-13,15,17-18H,5-8,10-11H2,1-4H3/t12-,13-,15+,17+/m0/s1. The molecule has 0 saturated carbocycles. The molecule has 0 unspecified atom stereocenters. The van der Waals surface area contributed by atoms with Crippen molar-refractivity contribution in [2.75, 3.05) is 13.2 Å². The summed E-state index contributed by atoms with van der Waals surface area (Å²) in [4.78, 5) is 19.7. The third-order valence-corrected chi connectivity index (χ3v) is 6.09. The normalized spacial score (nSPS) is 22.3. The Kier molecular flexibility index (Phi) is 8.27. The molecule has 0 N–H and O–H groups in total. The maximum Gasteiger partial charge on any atom is 0.297 e. The Morgan fingerprint density at radius 2 is 2.19 bits per heavy atom. The van der Waals surface area contributed by atoms with Crippen molar-refractivity contribution in [3.05, 3.63) is 11.2 Å². The van der Waals surface area contributed by atoms with Gasteiger partial charge < -0.3 is 19.0 Å². The van der Waals surface area contributed by atoms with Crippen LogP contribution in [0.15, 0.2) is 6.20 Å². The second kappa shape index (κ2) is 10.7. The van der Waals surface area contributed by atoms with Crippen LogP contribution in [-0.4, -0.2) is 52.2 Å². The Hall–Kier alpha value is -2.00. The quantitative estimate of drug-likeness (QED) is 0.492. The van der Waals surface area contributed by atoms with Crippen LogP contribution >= 0.6 is 11.6 Å². The molecule has 3 heterocycles. The number of aromatic nitrogens is 3. The van der Waals surface area contributed by atoms with Gasteiger partial charge in [-0.1, -0.05) is 25.4 Å². The van der Waals surface area contributed by atoms with E-state index in [4.69, 9.17) is 25.8 Å². The average Bonchev–Trinajstić information content (AvgIpc) is 3.02. The molecule has 1 fully saturated rings. The summed E-state index contributed by atoms with van der Waals surface area (Å²) in [6.07, 6.45) is 2.04. The predicted molar refractivity (Wildman–Crippen MR) is 117 cm³/mol. The summed E-state index contributed by atoms with van der Waals surface area (Å²) in [6, 6.07) is 0.351. The molecule has 0 aliphatic carbocycles. The summed E-state index contributed by atoms with van der Waals surface area (Å²) in [5.74, 6) is 0.803. The van der Waals surface area contributed by atoms with E-state index in [9.17, 15) is 13.6 Å². The molecule has 7 nitrogen and oxygen atoms in total. The van der Waals surface area contributed by atoms with Crippen molar-refractivity contribution in [3.63, 3.8) is 0 Å². The number of hydrogen-bond acceptors (Lipinski definition) is 6. The summed E-state index contributed by atoms with van der Waals surface area (Å²) < 4.78 is 43.7. The van der Waals surface area contributed by atoms with Gasteiger partial charge in [-0.05, 0) is 38.0 Å². The van der Waals surface area contributed by atoms with Gasteiger partial charge in [-0.2, -0.15) is 4.98 Å². The van der Waals surface area contributed by atoms with Crippen LogP contribution in [0.4, 0.5) is 8.78 Å². The molecule has 4 atom stereocenters. The monoisotopic (exact) mass is 473 g/mol. The number of hydrogen-bond donors (Lipinski definition) is 0. The molecule has 10 heteroatoms. The zero-order valence-electron chi connectivity index (χ0n) is 18.8. The van der Waals surface area contributed by atoms with Crippen LogP contribution in [0.5, 0.6) is 11.9 Å². The molecule has 3 rings (SSSR count). The van der Waals surface area contributed by atoms with Gasteiger partial charge in [0.05, 0.1) is 24.4 Å². The average molecular weight is 474 g/mol. The van der Waals surface area contributed by atoms with Gasteiger partial charge in [-0.3, -0.25) is 4.57 Å². The zero-order chi connectivity index (χ0) is 23.4. The maximum absolute atomic E-state index is 12.4. The number of nitrogens with zero attached hydrogens (tertiary/aromatic N) is 3. The van der Waals surface area contributed by atoms with Crippen LogP contribution in [0.2, 0.25) is 5.02 Å². The SMILES string of the molecule is CC(=O)C[C@@H](C)CC[C@H]1OC[C@H](Oc2nc3cnc(OCC(F)F)c(Cl)c3n2C)C[C@@H]1C. The van der Waals surface area contributed by atoms with Gasteiger partial charge >= 0.3 is 0 Å². The summed E-state index contributed by atoms with van der Waals surface area (Å²) in [5, 5.41) is 0.112. The molecule has 178 valence electrons. The van der Waals surface area contributed by atoms with Crippen molar-refractivity contribution in [2.24, 2.45) is 18.9 Å². The number of Topliss-reactive ketones (excluding diaryl/α,β-unsaturated/α-hetero) is 1. The number of ether oxygens (including phenoxy) is 3. The Bertz CT molecular complexity index is 940. The minimum absolute atomic E-state index is 0.0644.